The summed E-state index contributed by atoms with van der Waals surface area (Å²) >= 11 is 0. The van der Waals surface area contributed by atoms with Gasteiger partial charge >= 0.3 is 0 Å². The van der Waals surface area contributed by atoms with Crippen LogP contribution in [-0.4, -0.2) is 55.5 Å². The zero-order valence-electron chi connectivity index (χ0n) is 11.6. The summed E-state index contributed by atoms with van der Waals surface area (Å²) in [6.07, 6.45) is 2.74. The first-order valence-electron chi connectivity index (χ1n) is 6.17. The second-order valence-corrected chi connectivity index (χ2v) is 5.27. The lowest BCUT2D eigenvalue weighted by atomic mass is 9.96. The number of rotatable bonds is 4. The first-order valence-corrected chi connectivity index (χ1v) is 6.17. The van der Waals surface area contributed by atoms with Gasteiger partial charge in [0.05, 0.1) is 0 Å². The van der Waals surface area contributed by atoms with Crippen molar-refractivity contribution < 1.29 is 4.79 Å². The average Bonchev–Trinajstić information content (AvgIpc) is 2.16. The van der Waals surface area contributed by atoms with Crippen LogP contribution in [0.1, 0.15) is 26.2 Å². The number of piperidine rings is 1. The Hall–Kier alpha value is -0.0300. The summed E-state index contributed by atoms with van der Waals surface area (Å²) in [5.41, 5.74) is 5.64. The number of carbonyl (C=O) groups excluding carboxylic acids is 1. The molecular formula is C12H27Cl2N3O. The van der Waals surface area contributed by atoms with Crippen LogP contribution >= 0.6 is 24.8 Å². The van der Waals surface area contributed by atoms with E-state index in [1.165, 1.54) is 0 Å². The molecule has 0 aromatic heterocycles. The molecule has 1 amide bonds. The molecule has 18 heavy (non-hydrogen) atoms. The summed E-state index contributed by atoms with van der Waals surface area (Å²) in [6.45, 7) is 4.83. The Bertz CT molecular complexity index is 229. The highest BCUT2D eigenvalue weighted by molar-refractivity contribution is 5.85. The van der Waals surface area contributed by atoms with Gasteiger partial charge in [-0.15, -0.1) is 24.8 Å². The number of amides is 1. The zero-order chi connectivity index (χ0) is 12.1. The molecular weight excluding hydrogens is 273 g/mol. The van der Waals surface area contributed by atoms with Crippen molar-refractivity contribution in [3.05, 3.63) is 0 Å². The maximum Gasteiger partial charge on any atom is 0.224 e. The summed E-state index contributed by atoms with van der Waals surface area (Å²) in [4.78, 5) is 16.0. The molecule has 4 nitrogen and oxygen atoms in total. The molecule has 0 aliphatic carbocycles. The Morgan fingerprint density at radius 2 is 1.83 bits per heavy atom. The van der Waals surface area contributed by atoms with Crippen molar-refractivity contribution in [2.75, 3.05) is 33.7 Å². The Kier molecular flexibility index (Phi) is 11.1. The molecule has 1 fully saturated rings. The summed E-state index contributed by atoms with van der Waals surface area (Å²) < 4.78 is 0. The minimum Gasteiger partial charge on any atom is -0.343 e. The summed E-state index contributed by atoms with van der Waals surface area (Å²) in [7, 11) is 4.21. The van der Waals surface area contributed by atoms with Gasteiger partial charge in [-0.3, -0.25) is 4.79 Å². The van der Waals surface area contributed by atoms with Gasteiger partial charge in [-0.2, -0.15) is 0 Å². The van der Waals surface area contributed by atoms with Crippen molar-refractivity contribution >= 4 is 30.7 Å². The van der Waals surface area contributed by atoms with E-state index >= 15 is 0 Å². The Morgan fingerprint density at radius 3 is 2.22 bits per heavy atom. The van der Waals surface area contributed by atoms with E-state index in [2.05, 4.69) is 19.0 Å². The van der Waals surface area contributed by atoms with E-state index in [1.807, 2.05) is 11.8 Å². The fraction of sp³-hybridized carbons (Fsp3) is 0.917. The Balaban J connectivity index is 0. The number of likely N-dealkylation sites (tertiary alicyclic amines) is 1. The van der Waals surface area contributed by atoms with Crippen LogP contribution in [-0.2, 0) is 4.79 Å². The monoisotopic (exact) mass is 299 g/mol. The van der Waals surface area contributed by atoms with Crippen LogP contribution in [0.4, 0.5) is 0 Å². The van der Waals surface area contributed by atoms with Gasteiger partial charge in [0.2, 0.25) is 5.91 Å². The first-order chi connectivity index (χ1) is 7.49. The molecule has 0 aromatic carbocycles. The lowest BCUT2D eigenvalue weighted by molar-refractivity contribution is -0.132. The molecule has 0 spiro atoms. The van der Waals surface area contributed by atoms with Crippen molar-refractivity contribution in [3.63, 3.8) is 0 Å². The number of hydrogen-bond acceptors (Lipinski definition) is 3. The van der Waals surface area contributed by atoms with Crippen LogP contribution in [0.2, 0.25) is 0 Å². The third-order valence-electron chi connectivity index (χ3n) is 3.09. The lowest BCUT2D eigenvalue weighted by Gasteiger charge is -2.33. The maximum absolute atomic E-state index is 11.8. The van der Waals surface area contributed by atoms with Crippen LogP contribution in [0.5, 0.6) is 0 Å². The molecule has 0 aromatic rings. The molecule has 0 saturated carbocycles. The van der Waals surface area contributed by atoms with E-state index in [0.29, 0.717) is 6.42 Å². The first kappa shape index (κ1) is 20.3. The highest BCUT2D eigenvalue weighted by Gasteiger charge is 2.23. The zero-order valence-corrected chi connectivity index (χ0v) is 13.2. The van der Waals surface area contributed by atoms with Gasteiger partial charge in [-0.1, -0.05) is 0 Å². The van der Waals surface area contributed by atoms with Gasteiger partial charge in [-0.05, 0) is 39.8 Å². The highest BCUT2D eigenvalue weighted by atomic mass is 35.5. The summed E-state index contributed by atoms with van der Waals surface area (Å²) in [5.74, 6) is 0.965. The molecule has 1 heterocycles. The SMILES string of the molecule is CC(N)CC(=O)N1CCC(CN(C)C)CC1.Cl.Cl. The maximum atomic E-state index is 11.8. The average molecular weight is 300 g/mol. The quantitative estimate of drug-likeness (QED) is 0.853. The van der Waals surface area contributed by atoms with Gasteiger partial charge < -0.3 is 15.5 Å². The largest absolute Gasteiger partial charge is 0.343 e. The topological polar surface area (TPSA) is 49.6 Å². The lowest BCUT2D eigenvalue weighted by Crippen LogP contribution is -2.42. The molecule has 0 bridgehead atoms. The highest BCUT2D eigenvalue weighted by Crippen LogP contribution is 2.18. The van der Waals surface area contributed by atoms with E-state index in [0.717, 1.165) is 38.4 Å². The fourth-order valence-electron chi connectivity index (χ4n) is 2.29. The Morgan fingerprint density at radius 1 is 1.33 bits per heavy atom. The van der Waals surface area contributed by atoms with Gasteiger partial charge in [0.25, 0.3) is 0 Å². The third kappa shape index (κ3) is 7.41. The molecule has 1 rings (SSSR count). The molecule has 1 atom stereocenters. The summed E-state index contributed by atoms with van der Waals surface area (Å²) in [5, 5.41) is 0. The van der Waals surface area contributed by atoms with E-state index in [9.17, 15) is 4.79 Å². The Labute approximate surface area is 123 Å². The van der Waals surface area contributed by atoms with Crippen LogP contribution in [0.3, 0.4) is 0 Å². The predicted molar refractivity (Wildman–Crippen MR) is 80.6 cm³/mol. The van der Waals surface area contributed by atoms with E-state index in [4.69, 9.17) is 5.73 Å². The standard InChI is InChI=1S/C12H25N3O.2ClH/c1-10(13)8-12(16)15-6-4-11(5-7-15)9-14(2)3;;/h10-11H,4-9,13H2,1-3H3;2*1H. The van der Waals surface area contributed by atoms with Crippen LogP contribution < -0.4 is 5.73 Å². The molecule has 1 unspecified atom stereocenters. The van der Waals surface area contributed by atoms with Gasteiger partial charge in [0.15, 0.2) is 0 Å². The summed E-state index contributed by atoms with van der Waals surface area (Å²) in [6, 6.07) is -0.0213. The molecule has 110 valence electrons. The van der Waals surface area contributed by atoms with Crippen molar-refractivity contribution in [2.24, 2.45) is 11.7 Å². The molecule has 1 aliphatic rings. The van der Waals surface area contributed by atoms with Gasteiger partial charge in [0, 0.05) is 32.1 Å². The van der Waals surface area contributed by atoms with Gasteiger partial charge in [0.1, 0.15) is 0 Å². The van der Waals surface area contributed by atoms with Crippen molar-refractivity contribution in [1.29, 1.82) is 0 Å². The van der Waals surface area contributed by atoms with E-state index in [1.54, 1.807) is 0 Å². The van der Waals surface area contributed by atoms with Crippen LogP contribution in [0.25, 0.3) is 0 Å². The van der Waals surface area contributed by atoms with Crippen LogP contribution in [0, 0.1) is 5.92 Å². The molecule has 2 N–H and O–H groups in total. The van der Waals surface area contributed by atoms with Crippen molar-refractivity contribution in [1.82, 2.24) is 9.80 Å². The second kappa shape index (κ2) is 9.84. The molecule has 1 saturated heterocycles. The minimum absolute atomic E-state index is 0. The normalized spacial score (nSPS) is 17.9. The second-order valence-electron chi connectivity index (χ2n) is 5.27. The van der Waals surface area contributed by atoms with Crippen molar-refractivity contribution in [2.45, 2.75) is 32.2 Å². The number of nitrogens with zero attached hydrogens (tertiary/aromatic N) is 2. The minimum atomic E-state index is -0.0213. The van der Waals surface area contributed by atoms with Crippen molar-refractivity contribution in [3.8, 4) is 0 Å². The molecule has 6 heteroatoms. The molecule has 1 aliphatic heterocycles. The number of halogens is 2. The fourth-order valence-corrected chi connectivity index (χ4v) is 2.29. The number of hydrogen-bond donors (Lipinski definition) is 1. The van der Waals surface area contributed by atoms with E-state index in [-0.39, 0.29) is 36.8 Å². The number of nitrogens with two attached hydrogens (primary N) is 1. The smallest absolute Gasteiger partial charge is 0.224 e. The molecule has 0 radical (unpaired) electrons. The third-order valence-corrected chi connectivity index (χ3v) is 3.09. The predicted octanol–water partition coefficient (Wildman–Crippen LogP) is 1.37. The van der Waals surface area contributed by atoms with E-state index < -0.39 is 0 Å². The number of carbonyl (C=O) groups is 1. The van der Waals surface area contributed by atoms with Gasteiger partial charge in [-0.25, -0.2) is 0 Å². The van der Waals surface area contributed by atoms with Crippen LogP contribution in [0.15, 0.2) is 0 Å².